The Bertz CT molecular complexity index is 965. The standard InChI is InChI=1S/C20H20FN5O2/c1-25-23-19(22-24-25)14-6-8-15(9-7-14)20(27)26-12-10-16(11-13-26)28-18-5-3-2-4-17(18)21/h2-9,16H,10-13H2,1H3. The summed E-state index contributed by atoms with van der Waals surface area (Å²) >= 11 is 0. The number of aromatic nitrogens is 4. The summed E-state index contributed by atoms with van der Waals surface area (Å²) in [4.78, 5) is 15.9. The number of tetrazole rings is 1. The van der Waals surface area contributed by atoms with Crippen molar-refractivity contribution in [1.29, 1.82) is 0 Å². The number of benzene rings is 2. The lowest BCUT2D eigenvalue weighted by Crippen LogP contribution is -2.41. The number of halogens is 1. The Morgan fingerprint density at radius 2 is 1.82 bits per heavy atom. The number of rotatable bonds is 4. The number of aryl methyl sites for hydroxylation is 1. The van der Waals surface area contributed by atoms with E-state index in [4.69, 9.17) is 4.74 Å². The Kier molecular flexibility index (Phi) is 5.01. The Hall–Kier alpha value is -3.29. The van der Waals surface area contributed by atoms with Gasteiger partial charge in [-0.1, -0.05) is 24.3 Å². The van der Waals surface area contributed by atoms with Crippen molar-refractivity contribution in [2.45, 2.75) is 18.9 Å². The molecule has 4 rings (SSSR count). The average Bonchev–Trinajstić information content (AvgIpc) is 3.16. The van der Waals surface area contributed by atoms with Crippen LogP contribution in [0, 0.1) is 5.82 Å². The summed E-state index contributed by atoms with van der Waals surface area (Å²) in [7, 11) is 1.70. The van der Waals surface area contributed by atoms with Crippen LogP contribution in [0.4, 0.5) is 4.39 Å². The summed E-state index contributed by atoms with van der Waals surface area (Å²) < 4.78 is 19.5. The molecule has 0 N–H and O–H groups in total. The van der Waals surface area contributed by atoms with Crippen LogP contribution in [-0.4, -0.2) is 50.2 Å². The fourth-order valence-corrected chi connectivity index (χ4v) is 3.24. The molecular weight excluding hydrogens is 361 g/mol. The Morgan fingerprint density at radius 1 is 1.11 bits per heavy atom. The van der Waals surface area contributed by atoms with Crippen molar-refractivity contribution in [3.8, 4) is 17.1 Å². The number of hydrogen-bond donors (Lipinski definition) is 0. The van der Waals surface area contributed by atoms with Crippen molar-refractivity contribution >= 4 is 5.91 Å². The number of amides is 1. The molecule has 1 aliphatic heterocycles. The van der Waals surface area contributed by atoms with Crippen LogP contribution in [0.5, 0.6) is 5.75 Å². The van der Waals surface area contributed by atoms with E-state index in [0.29, 0.717) is 37.3 Å². The zero-order valence-electron chi connectivity index (χ0n) is 15.5. The van der Waals surface area contributed by atoms with Gasteiger partial charge in [0, 0.05) is 37.1 Å². The van der Waals surface area contributed by atoms with E-state index in [9.17, 15) is 9.18 Å². The van der Waals surface area contributed by atoms with Crippen molar-refractivity contribution in [3.05, 3.63) is 59.9 Å². The van der Waals surface area contributed by atoms with E-state index in [1.54, 1.807) is 42.3 Å². The molecule has 1 saturated heterocycles. The third-order valence-corrected chi connectivity index (χ3v) is 4.76. The van der Waals surface area contributed by atoms with Gasteiger partial charge in [0.15, 0.2) is 11.6 Å². The highest BCUT2D eigenvalue weighted by Gasteiger charge is 2.25. The van der Waals surface area contributed by atoms with E-state index in [-0.39, 0.29) is 23.6 Å². The van der Waals surface area contributed by atoms with E-state index >= 15 is 0 Å². The first-order chi connectivity index (χ1) is 13.6. The Balaban J connectivity index is 1.35. The molecule has 0 radical (unpaired) electrons. The maximum absolute atomic E-state index is 13.7. The third kappa shape index (κ3) is 3.85. The van der Waals surface area contributed by atoms with Crippen LogP contribution >= 0.6 is 0 Å². The van der Waals surface area contributed by atoms with E-state index in [2.05, 4.69) is 15.4 Å². The fourth-order valence-electron chi connectivity index (χ4n) is 3.24. The molecular formula is C20H20FN5O2. The molecule has 0 unspecified atom stereocenters. The van der Waals surface area contributed by atoms with Crippen molar-refractivity contribution in [2.24, 2.45) is 7.05 Å². The molecule has 28 heavy (non-hydrogen) atoms. The van der Waals surface area contributed by atoms with Crippen LogP contribution in [0.15, 0.2) is 48.5 Å². The van der Waals surface area contributed by atoms with Gasteiger partial charge < -0.3 is 9.64 Å². The van der Waals surface area contributed by atoms with Crippen LogP contribution in [-0.2, 0) is 7.05 Å². The number of carbonyl (C=O) groups is 1. The average molecular weight is 381 g/mol. The summed E-state index contributed by atoms with van der Waals surface area (Å²) in [5.41, 5.74) is 1.42. The minimum Gasteiger partial charge on any atom is -0.487 e. The van der Waals surface area contributed by atoms with Crippen LogP contribution in [0.1, 0.15) is 23.2 Å². The molecule has 0 atom stereocenters. The molecule has 2 aromatic carbocycles. The fraction of sp³-hybridized carbons (Fsp3) is 0.300. The smallest absolute Gasteiger partial charge is 0.253 e. The molecule has 0 aliphatic carbocycles. The van der Waals surface area contributed by atoms with Gasteiger partial charge in [-0.2, -0.15) is 4.80 Å². The molecule has 7 nitrogen and oxygen atoms in total. The molecule has 3 aromatic rings. The minimum absolute atomic E-state index is 0.0250. The molecule has 144 valence electrons. The number of hydrogen-bond acceptors (Lipinski definition) is 5. The van der Waals surface area contributed by atoms with E-state index < -0.39 is 0 Å². The lowest BCUT2D eigenvalue weighted by molar-refractivity contribution is 0.0588. The predicted molar refractivity (Wildman–Crippen MR) is 100 cm³/mol. The molecule has 2 heterocycles. The van der Waals surface area contributed by atoms with E-state index in [0.717, 1.165) is 5.56 Å². The Morgan fingerprint density at radius 3 is 2.46 bits per heavy atom. The SMILES string of the molecule is Cn1nnc(-c2ccc(C(=O)N3CCC(Oc4ccccc4F)CC3)cc2)n1. The van der Waals surface area contributed by atoms with Crippen LogP contribution in [0.2, 0.25) is 0 Å². The van der Waals surface area contributed by atoms with Crippen LogP contribution < -0.4 is 4.74 Å². The molecule has 8 heteroatoms. The van der Waals surface area contributed by atoms with Crippen molar-refractivity contribution in [1.82, 2.24) is 25.1 Å². The van der Waals surface area contributed by atoms with Crippen molar-refractivity contribution in [3.63, 3.8) is 0 Å². The van der Waals surface area contributed by atoms with Gasteiger partial charge in [-0.15, -0.1) is 10.2 Å². The van der Waals surface area contributed by atoms with Crippen molar-refractivity contribution in [2.75, 3.05) is 13.1 Å². The second-order valence-electron chi connectivity index (χ2n) is 6.72. The number of likely N-dealkylation sites (tertiary alicyclic amines) is 1. The van der Waals surface area contributed by atoms with Crippen LogP contribution in [0.25, 0.3) is 11.4 Å². The maximum atomic E-state index is 13.7. The number of para-hydroxylation sites is 1. The van der Waals surface area contributed by atoms with E-state index in [1.165, 1.54) is 10.9 Å². The molecule has 1 fully saturated rings. The number of piperidine rings is 1. The molecule has 0 saturated carbocycles. The predicted octanol–water partition coefficient (Wildman–Crippen LogP) is 2.70. The molecule has 0 spiro atoms. The van der Waals surface area contributed by atoms with Gasteiger partial charge in [0.05, 0.1) is 7.05 Å². The first kappa shape index (κ1) is 18.1. The second-order valence-corrected chi connectivity index (χ2v) is 6.72. The van der Waals surface area contributed by atoms with Gasteiger partial charge in [0.25, 0.3) is 5.91 Å². The third-order valence-electron chi connectivity index (χ3n) is 4.76. The second kappa shape index (κ2) is 7.75. The molecule has 1 amide bonds. The van der Waals surface area contributed by atoms with Crippen LogP contribution in [0.3, 0.4) is 0 Å². The summed E-state index contributed by atoms with van der Waals surface area (Å²) in [6.45, 7) is 1.15. The topological polar surface area (TPSA) is 73.1 Å². The Labute approximate surface area is 161 Å². The number of nitrogens with zero attached hydrogens (tertiary/aromatic N) is 5. The van der Waals surface area contributed by atoms with Gasteiger partial charge in [-0.25, -0.2) is 4.39 Å². The summed E-state index contributed by atoms with van der Waals surface area (Å²) in [5.74, 6) is 0.398. The van der Waals surface area contributed by atoms with Gasteiger partial charge >= 0.3 is 0 Å². The largest absolute Gasteiger partial charge is 0.487 e. The van der Waals surface area contributed by atoms with Gasteiger partial charge in [-0.05, 0) is 29.5 Å². The van der Waals surface area contributed by atoms with E-state index in [1.807, 2.05) is 12.1 Å². The van der Waals surface area contributed by atoms with Gasteiger partial charge in [0.1, 0.15) is 6.10 Å². The molecule has 1 aliphatic rings. The zero-order chi connectivity index (χ0) is 19.5. The first-order valence-electron chi connectivity index (χ1n) is 9.15. The minimum atomic E-state index is -0.362. The highest BCUT2D eigenvalue weighted by Crippen LogP contribution is 2.23. The maximum Gasteiger partial charge on any atom is 0.253 e. The normalized spacial score (nSPS) is 14.9. The first-order valence-corrected chi connectivity index (χ1v) is 9.15. The monoisotopic (exact) mass is 381 g/mol. The van der Waals surface area contributed by atoms with Gasteiger partial charge in [0.2, 0.25) is 5.82 Å². The van der Waals surface area contributed by atoms with Gasteiger partial charge in [-0.3, -0.25) is 4.79 Å². The molecule has 1 aromatic heterocycles. The quantitative estimate of drug-likeness (QED) is 0.695. The number of carbonyl (C=O) groups excluding carboxylic acids is 1. The lowest BCUT2D eigenvalue weighted by atomic mass is 10.1. The zero-order valence-corrected chi connectivity index (χ0v) is 15.5. The molecule has 0 bridgehead atoms. The summed E-state index contributed by atoms with van der Waals surface area (Å²) in [6, 6.07) is 13.6. The lowest BCUT2D eigenvalue weighted by Gasteiger charge is -2.32. The van der Waals surface area contributed by atoms with Crippen molar-refractivity contribution < 1.29 is 13.9 Å². The summed E-state index contributed by atoms with van der Waals surface area (Å²) in [6.07, 6.45) is 1.25. The highest BCUT2D eigenvalue weighted by molar-refractivity contribution is 5.94. The highest BCUT2D eigenvalue weighted by atomic mass is 19.1. The number of ether oxygens (including phenoxy) is 1. The summed E-state index contributed by atoms with van der Waals surface area (Å²) in [5, 5.41) is 11.9.